The monoisotopic (exact) mass is 498 g/mol. The molecule has 0 atom stereocenters. The Kier molecular flexibility index (Phi) is 31.4. The Labute approximate surface area is 213 Å². The Balaban J connectivity index is -0.000000448. The van der Waals surface area contributed by atoms with Gasteiger partial charge >= 0.3 is 11.9 Å². The summed E-state index contributed by atoms with van der Waals surface area (Å²) in [5.74, 6) is -1.10. The molecule has 0 heterocycles. The van der Waals surface area contributed by atoms with Crippen LogP contribution in [-0.2, 0) is 23.9 Å². The quantitative estimate of drug-likeness (QED) is 0.137. The van der Waals surface area contributed by atoms with Crippen LogP contribution in [0.25, 0.3) is 0 Å². The minimum atomic E-state index is -0.441. The maximum atomic E-state index is 10.9. The third kappa shape index (κ3) is 33.8. The average Bonchev–Trinajstić information content (AvgIpc) is 2.83. The van der Waals surface area contributed by atoms with Crippen LogP contribution < -0.4 is 11.1 Å². The third-order valence-corrected chi connectivity index (χ3v) is 4.46. The second-order valence-electron chi connectivity index (χ2n) is 7.95. The fraction of sp³-hybridized carbons (Fsp3) is 0.667. The van der Waals surface area contributed by atoms with E-state index in [1.807, 2.05) is 0 Å². The Bertz CT molecular complexity index is 552. The molecule has 0 saturated carbocycles. The molecule has 0 aliphatic carbocycles. The number of hydrogen-bond donors (Lipinski definition) is 3. The summed E-state index contributed by atoms with van der Waals surface area (Å²) in [6.45, 7) is 18.7. The van der Waals surface area contributed by atoms with Crippen LogP contribution in [0, 0.1) is 0 Å². The van der Waals surface area contributed by atoms with Gasteiger partial charge in [0.1, 0.15) is 6.61 Å². The number of carbonyl (C=O) groups is 3. The number of primary amides is 1. The number of nitrogens with one attached hydrogen (secondary N) is 1. The van der Waals surface area contributed by atoms with Gasteiger partial charge in [0, 0.05) is 36.8 Å². The van der Waals surface area contributed by atoms with Gasteiger partial charge in [-0.2, -0.15) is 0 Å². The van der Waals surface area contributed by atoms with E-state index in [1.54, 1.807) is 6.92 Å². The van der Waals surface area contributed by atoms with Gasteiger partial charge in [-0.25, -0.2) is 9.59 Å². The van der Waals surface area contributed by atoms with Crippen molar-refractivity contribution in [1.29, 1.82) is 0 Å². The SMILES string of the molecule is C=C(C)C(=O)OCCNCCCC.C=C(CCCCCCCC)C(N)=O.C=CC(=O)OCCCO. The number of hydrogen-bond acceptors (Lipinski definition) is 7. The maximum Gasteiger partial charge on any atom is 0.333 e. The first kappa shape index (κ1) is 37.1. The molecule has 0 rings (SSSR count). The van der Waals surface area contributed by atoms with Crippen molar-refractivity contribution < 1.29 is 29.0 Å². The van der Waals surface area contributed by atoms with E-state index in [0.29, 0.717) is 24.2 Å². The van der Waals surface area contributed by atoms with Crippen molar-refractivity contribution >= 4 is 17.8 Å². The van der Waals surface area contributed by atoms with Crippen molar-refractivity contribution in [2.45, 2.75) is 85.0 Å². The first-order chi connectivity index (χ1) is 16.7. The van der Waals surface area contributed by atoms with E-state index < -0.39 is 5.97 Å². The molecule has 4 N–H and O–H groups in total. The van der Waals surface area contributed by atoms with Crippen molar-refractivity contribution in [3.8, 4) is 0 Å². The molecule has 204 valence electrons. The van der Waals surface area contributed by atoms with E-state index >= 15 is 0 Å². The maximum absolute atomic E-state index is 10.9. The molecule has 0 aromatic carbocycles. The highest BCUT2D eigenvalue weighted by atomic mass is 16.5. The molecule has 0 unspecified atom stereocenters. The zero-order valence-electron chi connectivity index (χ0n) is 22.4. The van der Waals surface area contributed by atoms with Crippen LogP contribution >= 0.6 is 0 Å². The smallest absolute Gasteiger partial charge is 0.333 e. The van der Waals surface area contributed by atoms with Crippen LogP contribution in [0.3, 0.4) is 0 Å². The summed E-state index contributed by atoms with van der Waals surface area (Å²) >= 11 is 0. The molecule has 0 aromatic heterocycles. The lowest BCUT2D eigenvalue weighted by atomic mass is 10.1. The number of amides is 1. The van der Waals surface area contributed by atoms with Gasteiger partial charge in [0.15, 0.2) is 0 Å². The lowest BCUT2D eigenvalue weighted by Gasteiger charge is -2.05. The molecule has 1 amide bonds. The van der Waals surface area contributed by atoms with Crippen LogP contribution in [-0.4, -0.2) is 55.9 Å². The van der Waals surface area contributed by atoms with Gasteiger partial charge in [0.05, 0.1) is 6.61 Å². The first-order valence-corrected chi connectivity index (χ1v) is 12.6. The van der Waals surface area contributed by atoms with Crippen LogP contribution in [0.2, 0.25) is 0 Å². The van der Waals surface area contributed by atoms with Crippen molar-refractivity contribution in [2.75, 3.05) is 32.9 Å². The lowest BCUT2D eigenvalue weighted by Crippen LogP contribution is -2.22. The molecule has 0 saturated heterocycles. The molecule has 8 heteroatoms. The number of aliphatic hydroxyl groups excluding tert-OH is 1. The largest absolute Gasteiger partial charge is 0.462 e. The van der Waals surface area contributed by atoms with Gasteiger partial charge in [-0.15, -0.1) is 0 Å². The van der Waals surface area contributed by atoms with Gasteiger partial charge < -0.3 is 25.6 Å². The normalized spacial score (nSPS) is 9.49. The molecule has 0 fully saturated rings. The summed E-state index contributed by atoms with van der Waals surface area (Å²) in [7, 11) is 0. The van der Waals surface area contributed by atoms with Crippen LogP contribution in [0.4, 0.5) is 0 Å². The predicted octanol–water partition coefficient (Wildman–Crippen LogP) is 4.37. The topological polar surface area (TPSA) is 128 Å². The predicted molar refractivity (Wildman–Crippen MR) is 143 cm³/mol. The number of unbranched alkanes of at least 4 members (excludes halogenated alkanes) is 6. The standard InChI is InChI=1S/C11H21NO.C10H19NO2.C6H10O3/c1-3-4-5-6-7-8-9-10(2)11(12)13;1-4-5-6-11-7-8-13-10(12)9(2)3;1-2-6(8)9-5-3-4-7/h2-9H2,1H3,(H2,12,13);11H,2,4-8H2,1,3H3;2,7H,1,3-5H2. The Morgan fingerprint density at radius 3 is 2.00 bits per heavy atom. The van der Waals surface area contributed by atoms with Crippen LogP contribution in [0.15, 0.2) is 37.0 Å². The van der Waals surface area contributed by atoms with Crippen molar-refractivity contribution in [3.05, 3.63) is 37.0 Å². The molecule has 0 bridgehead atoms. The average molecular weight is 499 g/mol. The van der Waals surface area contributed by atoms with Crippen LogP contribution in [0.5, 0.6) is 0 Å². The highest BCUT2D eigenvalue weighted by molar-refractivity contribution is 5.91. The van der Waals surface area contributed by atoms with E-state index in [1.165, 1.54) is 38.5 Å². The minimum absolute atomic E-state index is 0.0461. The summed E-state index contributed by atoms with van der Waals surface area (Å²) in [6.07, 6.45) is 12.1. The zero-order valence-corrected chi connectivity index (χ0v) is 22.4. The van der Waals surface area contributed by atoms with Crippen molar-refractivity contribution in [1.82, 2.24) is 5.32 Å². The summed E-state index contributed by atoms with van der Waals surface area (Å²) < 4.78 is 9.40. The molecule has 0 radical (unpaired) electrons. The highest BCUT2D eigenvalue weighted by Gasteiger charge is 2.01. The summed E-state index contributed by atoms with van der Waals surface area (Å²) in [4.78, 5) is 31.7. The van der Waals surface area contributed by atoms with Crippen LogP contribution in [0.1, 0.15) is 85.0 Å². The number of esters is 2. The molecular weight excluding hydrogens is 448 g/mol. The van der Waals surface area contributed by atoms with Gasteiger partial charge in [-0.1, -0.05) is 72.1 Å². The Morgan fingerprint density at radius 2 is 1.49 bits per heavy atom. The third-order valence-electron chi connectivity index (χ3n) is 4.46. The van der Waals surface area contributed by atoms with E-state index in [9.17, 15) is 14.4 Å². The van der Waals surface area contributed by atoms with Gasteiger partial charge in [-0.3, -0.25) is 4.79 Å². The highest BCUT2D eigenvalue weighted by Crippen LogP contribution is 2.10. The molecular formula is C27H50N2O6. The van der Waals surface area contributed by atoms with Gasteiger partial charge in [-0.05, 0) is 32.7 Å². The lowest BCUT2D eigenvalue weighted by molar-refractivity contribution is -0.139. The Morgan fingerprint density at radius 1 is 0.886 bits per heavy atom. The first-order valence-electron chi connectivity index (χ1n) is 12.6. The number of ether oxygens (including phenoxy) is 2. The number of rotatable bonds is 19. The Hall–Kier alpha value is -2.45. The number of aliphatic hydroxyl groups is 1. The second kappa shape index (κ2) is 29.6. The fourth-order valence-corrected chi connectivity index (χ4v) is 2.30. The zero-order chi connectivity index (χ0) is 27.3. The molecule has 0 aromatic rings. The number of nitrogens with two attached hydrogens (primary N) is 1. The number of carbonyl (C=O) groups excluding carboxylic acids is 3. The fourth-order valence-electron chi connectivity index (χ4n) is 2.30. The van der Waals surface area contributed by atoms with Crippen molar-refractivity contribution in [2.24, 2.45) is 5.73 Å². The summed E-state index contributed by atoms with van der Waals surface area (Å²) in [6, 6.07) is 0. The van der Waals surface area contributed by atoms with Gasteiger partial charge in [0.2, 0.25) is 5.91 Å². The second-order valence-corrected chi connectivity index (χ2v) is 7.95. The van der Waals surface area contributed by atoms with E-state index in [0.717, 1.165) is 38.4 Å². The molecule has 0 aliphatic heterocycles. The van der Waals surface area contributed by atoms with Crippen molar-refractivity contribution in [3.63, 3.8) is 0 Å². The van der Waals surface area contributed by atoms with E-state index in [-0.39, 0.29) is 25.1 Å². The molecule has 8 nitrogen and oxygen atoms in total. The summed E-state index contributed by atoms with van der Waals surface area (Å²) in [5, 5.41) is 11.4. The summed E-state index contributed by atoms with van der Waals surface area (Å²) in [5.41, 5.74) is 6.08. The molecule has 0 spiro atoms. The minimum Gasteiger partial charge on any atom is -0.462 e. The molecule has 35 heavy (non-hydrogen) atoms. The molecule has 0 aliphatic rings. The van der Waals surface area contributed by atoms with E-state index in [2.05, 4.69) is 43.6 Å². The van der Waals surface area contributed by atoms with E-state index in [4.69, 9.17) is 15.6 Å². The van der Waals surface area contributed by atoms with Gasteiger partial charge in [0.25, 0.3) is 0 Å².